The number of thioether (sulfide) groups is 2. The number of rotatable bonds is 9. The van der Waals surface area contributed by atoms with Crippen LogP contribution in [0.2, 0.25) is 0 Å². The summed E-state index contributed by atoms with van der Waals surface area (Å²) in [6.45, 7) is 5.00. The van der Waals surface area contributed by atoms with E-state index in [9.17, 15) is 0 Å². The maximum atomic E-state index is 6.04. The summed E-state index contributed by atoms with van der Waals surface area (Å²) < 4.78 is 6.61. The second-order valence-electron chi connectivity index (χ2n) is 9.16. The van der Waals surface area contributed by atoms with Crippen molar-refractivity contribution < 1.29 is 4.74 Å². The lowest BCUT2D eigenvalue weighted by molar-refractivity contribution is 0.238. The highest BCUT2D eigenvalue weighted by molar-refractivity contribution is 8.20. The molecule has 0 saturated carbocycles. The van der Waals surface area contributed by atoms with Crippen molar-refractivity contribution in [1.29, 1.82) is 0 Å². The van der Waals surface area contributed by atoms with Crippen LogP contribution in [0.1, 0.15) is 12.8 Å². The molecule has 2 N–H and O–H groups in total. The molecule has 8 heteroatoms. The zero-order valence-corrected chi connectivity index (χ0v) is 21.9. The van der Waals surface area contributed by atoms with Crippen LogP contribution in [0, 0.1) is 0 Å². The van der Waals surface area contributed by atoms with Gasteiger partial charge in [-0.3, -0.25) is 4.90 Å². The Balaban J connectivity index is 1.30. The minimum absolute atomic E-state index is 0.562. The summed E-state index contributed by atoms with van der Waals surface area (Å²) in [5.41, 5.74) is 5.27. The van der Waals surface area contributed by atoms with Gasteiger partial charge in [0.05, 0.1) is 15.7 Å². The number of ether oxygens (including phenoxy) is 1. The van der Waals surface area contributed by atoms with Crippen LogP contribution in [0.3, 0.4) is 0 Å². The Morgan fingerprint density at radius 2 is 1.72 bits per heavy atom. The third-order valence-corrected chi connectivity index (χ3v) is 9.83. The summed E-state index contributed by atoms with van der Waals surface area (Å²) >= 11 is 4.04. The van der Waals surface area contributed by atoms with Crippen LogP contribution in [0.15, 0.2) is 60.9 Å². The fourth-order valence-electron chi connectivity index (χ4n) is 4.99. The standard InChI is InChI=1S/C28H31N5OS2/c1-2-6-20(7-3-1)24-25-27(29-18-23-35-16-17-36-23)30-19-31-28(25)32-26(24)21-8-10-22(11-9-21)34-15-14-33-12-4-5-13-33/h1-3,6-11,19,23H,4-5,12-18H2,(H2,29,30,31,32). The van der Waals surface area contributed by atoms with Gasteiger partial charge in [-0.15, -0.1) is 23.5 Å². The van der Waals surface area contributed by atoms with Crippen LogP contribution in [0.25, 0.3) is 33.4 Å². The normalized spacial score (nSPS) is 16.7. The summed E-state index contributed by atoms with van der Waals surface area (Å²) in [4.78, 5) is 15.3. The van der Waals surface area contributed by atoms with Crippen molar-refractivity contribution in [3.63, 3.8) is 0 Å². The van der Waals surface area contributed by atoms with E-state index < -0.39 is 0 Å². The van der Waals surface area contributed by atoms with Crippen molar-refractivity contribution in [2.45, 2.75) is 17.4 Å². The molecule has 0 amide bonds. The molecule has 0 bridgehead atoms. The Morgan fingerprint density at radius 3 is 2.50 bits per heavy atom. The van der Waals surface area contributed by atoms with E-state index in [1.807, 2.05) is 23.5 Å². The van der Waals surface area contributed by atoms with Crippen LogP contribution in [-0.2, 0) is 0 Å². The van der Waals surface area contributed by atoms with Crippen molar-refractivity contribution >= 4 is 40.4 Å². The molecule has 6 nitrogen and oxygen atoms in total. The zero-order valence-electron chi connectivity index (χ0n) is 20.3. The van der Waals surface area contributed by atoms with Crippen molar-refractivity contribution in [1.82, 2.24) is 19.9 Å². The van der Waals surface area contributed by atoms with Gasteiger partial charge in [-0.2, -0.15) is 0 Å². The number of H-pyrrole nitrogens is 1. The highest BCUT2D eigenvalue weighted by atomic mass is 32.2. The molecule has 186 valence electrons. The Hall–Kier alpha value is -2.68. The molecule has 2 aliphatic rings. The molecule has 2 fully saturated rings. The second kappa shape index (κ2) is 11.2. The number of fused-ring (bicyclic) bond motifs is 1. The van der Waals surface area contributed by atoms with E-state index in [0.29, 0.717) is 4.58 Å². The first kappa shape index (κ1) is 23.7. The number of hydrogen-bond acceptors (Lipinski definition) is 7. The molecule has 0 radical (unpaired) electrons. The number of hydrogen-bond donors (Lipinski definition) is 2. The molecule has 36 heavy (non-hydrogen) atoms. The largest absolute Gasteiger partial charge is 0.492 e. The van der Waals surface area contributed by atoms with Gasteiger partial charge in [0.1, 0.15) is 30.1 Å². The molecule has 2 aromatic heterocycles. The average Bonchev–Trinajstić information content (AvgIpc) is 3.70. The van der Waals surface area contributed by atoms with Gasteiger partial charge in [0.25, 0.3) is 0 Å². The van der Waals surface area contributed by atoms with Gasteiger partial charge in [0.2, 0.25) is 0 Å². The fourth-order valence-corrected chi connectivity index (χ4v) is 7.65. The van der Waals surface area contributed by atoms with Crippen LogP contribution in [0.4, 0.5) is 5.82 Å². The highest BCUT2D eigenvalue weighted by Crippen LogP contribution is 2.41. The smallest absolute Gasteiger partial charge is 0.143 e. The second-order valence-corrected chi connectivity index (χ2v) is 12.1. The van der Waals surface area contributed by atoms with Gasteiger partial charge in [-0.05, 0) is 61.3 Å². The maximum absolute atomic E-state index is 6.04. The van der Waals surface area contributed by atoms with Crippen LogP contribution in [0.5, 0.6) is 5.75 Å². The van der Waals surface area contributed by atoms with Crippen LogP contribution < -0.4 is 10.1 Å². The molecule has 2 aliphatic heterocycles. The fraction of sp³-hybridized carbons (Fsp3) is 0.357. The Morgan fingerprint density at radius 1 is 0.944 bits per heavy atom. The quantitative estimate of drug-likeness (QED) is 0.283. The number of aromatic amines is 1. The van der Waals surface area contributed by atoms with Crippen molar-refractivity contribution in [3.8, 4) is 28.1 Å². The van der Waals surface area contributed by atoms with Gasteiger partial charge in [-0.1, -0.05) is 30.3 Å². The molecule has 0 aliphatic carbocycles. The molecular formula is C28H31N5OS2. The number of anilines is 1. The monoisotopic (exact) mass is 517 g/mol. The summed E-state index contributed by atoms with van der Waals surface area (Å²) in [5.74, 6) is 4.23. The summed E-state index contributed by atoms with van der Waals surface area (Å²) in [7, 11) is 0. The lowest BCUT2D eigenvalue weighted by atomic mass is 9.99. The van der Waals surface area contributed by atoms with Crippen LogP contribution in [-0.4, -0.2) is 68.7 Å². The number of benzene rings is 2. The number of aromatic nitrogens is 3. The van der Waals surface area contributed by atoms with Crippen LogP contribution >= 0.6 is 23.5 Å². The first-order chi connectivity index (χ1) is 17.8. The Labute approximate surface area is 220 Å². The minimum Gasteiger partial charge on any atom is -0.492 e. The third-order valence-electron chi connectivity index (χ3n) is 6.80. The average molecular weight is 518 g/mol. The van der Waals surface area contributed by atoms with Gasteiger partial charge in [0, 0.05) is 30.2 Å². The lowest BCUT2D eigenvalue weighted by Gasteiger charge is -2.15. The predicted octanol–water partition coefficient (Wildman–Crippen LogP) is 5.98. The van der Waals surface area contributed by atoms with E-state index in [-0.39, 0.29) is 0 Å². The van der Waals surface area contributed by atoms with Gasteiger partial charge >= 0.3 is 0 Å². The van der Waals surface area contributed by atoms with E-state index in [1.54, 1.807) is 6.33 Å². The molecule has 0 unspecified atom stereocenters. The van der Waals surface area contributed by atoms with Gasteiger partial charge < -0.3 is 15.0 Å². The molecule has 0 atom stereocenters. The summed E-state index contributed by atoms with van der Waals surface area (Å²) in [6, 6.07) is 18.9. The van der Waals surface area contributed by atoms with E-state index in [4.69, 9.17) is 4.74 Å². The molecule has 4 aromatic rings. The van der Waals surface area contributed by atoms with Crippen molar-refractivity contribution in [2.24, 2.45) is 0 Å². The lowest BCUT2D eigenvalue weighted by Crippen LogP contribution is -2.25. The van der Waals surface area contributed by atoms with Gasteiger partial charge in [0.15, 0.2) is 0 Å². The topological polar surface area (TPSA) is 66.1 Å². The SMILES string of the molecule is c1ccc(-c2c(-c3ccc(OCCN4CCCC4)cc3)[nH]c3ncnc(NCC4SCCS4)c23)cc1. The molecule has 2 saturated heterocycles. The summed E-state index contributed by atoms with van der Waals surface area (Å²) in [6.07, 6.45) is 4.26. The number of nitrogens with zero attached hydrogens (tertiary/aromatic N) is 3. The predicted molar refractivity (Wildman–Crippen MR) is 153 cm³/mol. The maximum Gasteiger partial charge on any atom is 0.143 e. The van der Waals surface area contributed by atoms with Gasteiger partial charge in [-0.25, -0.2) is 9.97 Å². The van der Waals surface area contributed by atoms with Crippen molar-refractivity contribution in [3.05, 3.63) is 60.9 Å². The Kier molecular flexibility index (Phi) is 7.34. The number of nitrogens with one attached hydrogen (secondary N) is 2. The summed E-state index contributed by atoms with van der Waals surface area (Å²) in [5, 5.41) is 4.66. The Bertz CT molecular complexity index is 1280. The molecule has 6 rings (SSSR count). The highest BCUT2D eigenvalue weighted by Gasteiger charge is 2.21. The van der Waals surface area contributed by atoms with E-state index in [0.717, 1.165) is 64.7 Å². The van der Waals surface area contributed by atoms with Crippen molar-refractivity contribution in [2.75, 3.05) is 49.6 Å². The molecule has 0 spiro atoms. The molecule has 2 aromatic carbocycles. The molecular weight excluding hydrogens is 486 g/mol. The first-order valence-electron chi connectivity index (χ1n) is 12.7. The zero-order chi connectivity index (χ0) is 24.2. The van der Waals surface area contributed by atoms with E-state index >= 15 is 0 Å². The van der Waals surface area contributed by atoms with E-state index in [1.165, 1.54) is 37.4 Å². The number of likely N-dealkylation sites (tertiary alicyclic amines) is 1. The first-order valence-corrected chi connectivity index (χ1v) is 14.8. The minimum atomic E-state index is 0.562. The third kappa shape index (κ3) is 5.21. The molecule has 4 heterocycles. The van der Waals surface area contributed by atoms with E-state index in [2.05, 4.69) is 79.8 Å².